The van der Waals surface area contributed by atoms with Crippen LogP contribution >= 0.6 is 0 Å². The Morgan fingerprint density at radius 2 is 2.19 bits per heavy atom. The Morgan fingerprint density at radius 1 is 1.50 bits per heavy atom. The molecule has 1 aliphatic rings. The van der Waals surface area contributed by atoms with Crippen LogP contribution in [0.15, 0.2) is 0 Å². The summed E-state index contributed by atoms with van der Waals surface area (Å²) in [6, 6.07) is -0.676. The SMILES string of the molecule is CCC1CCCCC1OC(=O)C(N)CCO. The summed E-state index contributed by atoms with van der Waals surface area (Å²) in [5.74, 6) is 0.124. The maximum Gasteiger partial charge on any atom is 0.323 e. The lowest BCUT2D eigenvalue weighted by atomic mass is 9.85. The third-order valence-electron chi connectivity index (χ3n) is 3.37. The van der Waals surface area contributed by atoms with Crippen molar-refractivity contribution in [3.63, 3.8) is 0 Å². The van der Waals surface area contributed by atoms with E-state index in [2.05, 4.69) is 6.92 Å². The van der Waals surface area contributed by atoms with Crippen LogP contribution in [-0.2, 0) is 9.53 Å². The van der Waals surface area contributed by atoms with Gasteiger partial charge in [0.2, 0.25) is 0 Å². The fraction of sp³-hybridized carbons (Fsp3) is 0.917. The van der Waals surface area contributed by atoms with E-state index in [-0.39, 0.29) is 25.1 Å². The molecule has 0 aliphatic heterocycles. The first kappa shape index (κ1) is 13.5. The molecule has 3 unspecified atom stereocenters. The Bertz CT molecular complexity index is 220. The highest BCUT2D eigenvalue weighted by Crippen LogP contribution is 2.29. The molecule has 1 aliphatic carbocycles. The third-order valence-corrected chi connectivity index (χ3v) is 3.37. The standard InChI is InChI=1S/C12H23NO3/c1-2-9-5-3-4-6-11(9)16-12(15)10(13)7-8-14/h9-11,14H,2-8,13H2,1H3. The first-order valence-electron chi connectivity index (χ1n) is 6.26. The zero-order valence-electron chi connectivity index (χ0n) is 10.0. The molecule has 0 aromatic rings. The monoisotopic (exact) mass is 229 g/mol. The second-order valence-electron chi connectivity index (χ2n) is 4.55. The van der Waals surface area contributed by atoms with Crippen molar-refractivity contribution in [3.8, 4) is 0 Å². The van der Waals surface area contributed by atoms with E-state index in [1.165, 1.54) is 6.42 Å². The number of aliphatic hydroxyl groups excluding tert-OH is 1. The van der Waals surface area contributed by atoms with Gasteiger partial charge in [0.15, 0.2) is 0 Å². The van der Waals surface area contributed by atoms with Crippen molar-refractivity contribution in [1.82, 2.24) is 0 Å². The van der Waals surface area contributed by atoms with E-state index in [9.17, 15) is 4.79 Å². The summed E-state index contributed by atoms with van der Waals surface area (Å²) in [5, 5.41) is 8.70. The van der Waals surface area contributed by atoms with Crippen LogP contribution in [0, 0.1) is 5.92 Å². The lowest BCUT2D eigenvalue weighted by Crippen LogP contribution is -2.38. The molecule has 0 amide bonds. The molecule has 0 heterocycles. The van der Waals surface area contributed by atoms with Crippen molar-refractivity contribution < 1.29 is 14.6 Å². The summed E-state index contributed by atoms with van der Waals surface area (Å²) in [4.78, 5) is 11.6. The van der Waals surface area contributed by atoms with Gasteiger partial charge in [-0.05, 0) is 38.0 Å². The maximum atomic E-state index is 11.6. The Balaban J connectivity index is 2.41. The average Bonchev–Trinajstić information content (AvgIpc) is 2.30. The van der Waals surface area contributed by atoms with Gasteiger partial charge in [-0.1, -0.05) is 13.3 Å². The first-order valence-corrected chi connectivity index (χ1v) is 6.26. The Labute approximate surface area is 97.2 Å². The lowest BCUT2D eigenvalue weighted by molar-refractivity contribution is -0.155. The number of nitrogens with two attached hydrogens (primary N) is 1. The van der Waals surface area contributed by atoms with Gasteiger partial charge in [0.1, 0.15) is 12.1 Å². The highest BCUT2D eigenvalue weighted by Gasteiger charge is 2.28. The quantitative estimate of drug-likeness (QED) is 0.695. The predicted octanol–water partition coefficient (Wildman–Crippen LogP) is 1.21. The summed E-state index contributed by atoms with van der Waals surface area (Å²) >= 11 is 0. The van der Waals surface area contributed by atoms with Crippen LogP contribution in [0.2, 0.25) is 0 Å². The van der Waals surface area contributed by atoms with Gasteiger partial charge in [0.25, 0.3) is 0 Å². The molecule has 1 rings (SSSR count). The fourth-order valence-corrected chi connectivity index (χ4v) is 2.29. The van der Waals surface area contributed by atoms with Gasteiger partial charge in [-0.2, -0.15) is 0 Å². The molecule has 94 valence electrons. The van der Waals surface area contributed by atoms with E-state index in [0.29, 0.717) is 5.92 Å². The van der Waals surface area contributed by atoms with E-state index in [1.54, 1.807) is 0 Å². The van der Waals surface area contributed by atoms with Crippen LogP contribution in [0.3, 0.4) is 0 Å². The molecule has 16 heavy (non-hydrogen) atoms. The maximum absolute atomic E-state index is 11.6. The third kappa shape index (κ3) is 3.76. The highest BCUT2D eigenvalue weighted by molar-refractivity contribution is 5.75. The van der Waals surface area contributed by atoms with Crippen molar-refractivity contribution in [1.29, 1.82) is 0 Å². The number of carbonyl (C=O) groups is 1. The summed E-state index contributed by atoms with van der Waals surface area (Å²) < 4.78 is 5.43. The molecule has 3 N–H and O–H groups in total. The van der Waals surface area contributed by atoms with Crippen molar-refractivity contribution in [2.75, 3.05) is 6.61 Å². The van der Waals surface area contributed by atoms with Crippen LogP contribution in [0.1, 0.15) is 45.4 Å². The molecule has 0 aromatic heterocycles. The number of aliphatic hydroxyl groups is 1. The van der Waals surface area contributed by atoms with Crippen molar-refractivity contribution in [3.05, 3.63) is 0 Å². The Hall–Kier alpha value is -0.610. The van der Waals surface area contributed by atoms with E-state index in [0.717, 1.165) is 25.7 Å². The molecule has 0 aromatic carbocycles. The summed E-state index contributed by atoms with van der Waals surface area (Å²) in [7, 11) is 0. The van der Waals surface area contributed by atoms with Crippen LogP contribution < -0.4 is 5.73 Å². The predicted molar refractivity (Wildman–Crippen MR) is 61.8 cm³/mol. The van der Waals surface area contributed by atoms with Gasteiger partial charge in [-0.3, -0.25) is 4.79 Å². The highest BCUT2D eigenvalue weighted by atomic mass is 16.5. The molecule has 0 radical (unpaired) electrons. The van der Waals surface area contributed by atoms with Gasteiger partial charge < -0.3 is 15.6 Å². The smallest absolute Gasteiger partial charge is 0.323 e. The summed E-state index contributed by atoms with van der Waals surface area (Å²) in [5.41, 5.74) is 5.60. The summed E-state index contributed by atoms with van der Waals surface area (Å²) in [6.45, 7) is 2.06. The van der Waals surface area contributed by atoms with Crippen molar-refractivity contribution >= 4 is 5.97 Å². The molecule has 0 spiro atoms. The van der Waals surface area contributed by atoms with Gasteiger partial charge >= 0.3 is 5.97 Å². The minimum Gasteiger partial charge on any atom is -0.461 e. The number of carbonyl (C=O) groups excluding carboxylic acids is 1. The van der Waals surface area contributed by atoms with E-state index < -0.39 is 6.04 Å². The average molecular weight is 229 g/mol. The van der Waals surface area contributed by atoms with Gasteiger partial charge in [0.05, 0.1) is 0 Å². The second kappa shape index (κ2) is 6.86. The van der Waals surface area contributed by atoms with Crippen LogP contribution in [0.25, 0.3) is 0 Å². The molecular weight excluding hydrogens is 206 g/mol. The Morgan fingerprint density at radius 3 is 2.81 bits per heavy atom. The summed E-state index contributed by atoms with van der Waals surface area (Å²) in [6.07, 6.45) is 5.82. The van der Waals surface area contributed by atoms with Crippen LogP contribution in [0.4, 0.5) is 0 Å². The lowest BCUT2D eigenvalue weighted by Gasteiger charge is -2.31. The van der Waals surface area contributed by atoms with E-state index in [1.807, 2.05) is 0 Å². The molecule has 0 bridgehead atoms. The van der Waals surface area contributed by atoms with E-state index >= 15 is 0 Å². The molecule has 0 saturated heterocycles. The van der Waals surface area contributed by atoms with Gasteiger partial charge in [-0.15, -0.1) is 0 Å². The molecular formula is C12H23NO3. The molecule has 1 saturated carbocycles. The van der Waals surface area contributed by atoms with Gasteiger partial charge in [0, 0.05) is 6.61 Å². The number of rotatable bonds is 5. The van der Waals surface area contributed by atoms with Crippen LogP contribution in [0.5, 0.6) is 0 Å². The van der Waals surface area contributed by atoms with Crippen molar-refractivity contribution in [2.24, 2.45) is 11.7 Å². The minimum absolute atomic E-state index is 0.0380. The number of hydrogen-bond acceptors (Lipinski definition) is 4. The normalized spacial score (nSPS) is 27.4. The largest absolute Gasteiger partial charge is 0.461 e. The van der Waals surface area contributed by atoms with Crippen LogP contribution in [-0.4, -0.2) is 29.8 Å². The minimum atomic E-state index is -0.676. The number of hydrogen-bond donors (Lipinski definition) is 2. The zero-order chi connectivity index (χ0) is 12.0. The van der Waals surface area contributed by atoms with E-state index in [4.69, 9.17) is 15.6 Å². The molecule has 1 fully saturated rings. The molecule has 3 atom stereocenters. The topological polar surface area (TPSA) is 72.5 Å². The molecule has 4 nitrogen and oxygen atoms in total. The number of ether oxygens (including phenoxy) is 1. The number of esters is 1. The fourth-order valence-electron chi connectivity index (χ4n) is 2.29. The zero-order valence-corrected chi connectivity index (χ0v) is 10.0. The Kier molecular flexibility index (Phi) is 5.77. The van der Waals surface area contributed by atoms with Crippen molar-refractivity contribution in [2.45, 2.75) is 57.6 Å². The van der Waals surface area contributed by atoms with Gasteiger partial charge in [-0.25, -0.2) is 0 Å². The molecule has 4 heteroatoms. The first-order chi connectivity index (χ1) is 7.69. The second-order valence-corrected chi connectivity index (χ2v) is 4.55.